The minimum absolute atomic E-state index is 0.192. The maximum atomic E-state index is 13.2. The summed E-state index contributed by atoms with van der Waals surface area (Å²) in [6, 6.07) is 19.4. The van der Waals surface area contributed by atoms with Gasteiger partial charge in [0.25, 0.3) is 0 Å². The smallest absolute Gasteiger partial charge is 0.336 e. The zero-order chi connectivity index (χ0) is 23.4. The Kier molecular flexibility index (Phi) is 6.26. The van der Waals surface area contributed by atoms with Crippen LogP contribution in [0.25, 0.3) is 28.2 Å². The van der Waals surface area contributed by atoms with Crippen LogP contribution < -0.4 is 19.6 Å². The highest BCUT2D eigenvalue weighted by Crippen LogP contribution is 2.33. The second-order valence-electron chi connectivity index (χ2n) is 7.26. The minimum Gasteiger partial charge on any atom is -0.493 e. The number of aryl methyl sites for hydroxylation is 1. The molecule has 4 rings (SSSR count). The Hall–Kier alpha value is -4.32. The van der Waals surface area contributed by atoms with E-state index in [-0.39, 0.29) is 11.2 Å². The number of carbonyl (C=O) groups excluding carboxylic acids is 1. The van der Waals surface area contributed by atoms with Gasteiger partial charge in [0.05, 0.1) is 25.2 Å². The molecular weight excluding hydrogens is 420 g/mol. The summed E-state index contributed by atoms with van der Waals surface area (Å²) in [4.78, 5) is 25.4. The minimum atomic E-state index is -0.529. The summed E-state index contributed by atoms with van der Waals surface area (Å²) < 4.78 is 21.9. The molecule has 0 spiro atoms. The predicted molar refractivity (Wildman–Crippen MR) is 127 cm³/mol. The lowest BCUT2D eigenvalue weighted by atomic mass is 10.0. The quantitative estimate of drug-likeness (QED) is 0.226. The van der Waals surface area contributed by atoms with Gasteiger partial charge in [-0.2, -0.15) is 0 Å². The van der Waals surface area contributed by atoms with Crippen molar-refractivity contribution < 1.29 is 23.4 Å². The molecule has 0 bridgehead atoms. The van der Waals surface area contributed by atoms with Crippen LogP contribution in [-0.2, 0) is 4.79 Å². The molecule has 4 aromatic rings. The molecule has 0 unspecified atom stereocenters. The number of hydrogen-bond acceptors (Lipinski definition) is 6. The summed E-state index contributed by atoms with van der Waals surface area (Å²) in [6.45, 7) is 1.72. The Morgan fingerprint density at radius 1 is 0.909 bits per heavy atom. The average molecular weight is 442 g/mol. The summed E-state index contributed by atoms with van der Waals surface area (Å²) in [5.74, 6) is 1.27. The molecule has 1 aromatic heterocycles. The van der Waals surface area contributed by atoms with Gasteiger partial charge in [0.2, 0.25) is 5.43 Å². The van der Waals surface area contributed by atoms with Gasteiger partial charge in [0.1, 0.15) is 17.1 Å². The lowest BCUT2D eigenvalue weighted by Crippen LogP contribution is -2.08. The largest absolute Gasteiger partial charge is 0.493 e. The monoisotopic (exact) mass is 442 g/mol. The average Bonchev–Trinajstić information content (AvgIpc) is 2.83. The summed E-state index contributed by atoms with van der Waals surface area (Å²) in [5, 5.41) is 0.380. The van der Waals surface area contributed by atoms with E-state index in [4.69, 9.17) is 18.6 Å². The Labute approximate surface area is 190 Å². The molecule has 3 aromatic carbocycles. The number of fused-ring (bicyclic) bond motifs is 1. The lowest BCUT2D eigenvalue weighted by molar-refractivity contribution is -0.128. The summed E-state index contributed by atoms with van der Waals surface area (Å²) >= 11 is 0. The molecule has 166 valence electrons. The van der Waals surface area contributed by atoms with Crippen molar-refractivity contribution in [2.24, 2.45) is 0 Å². The van der Waals surface area contributed by atoms with Gasteiger partial charge >= 0.3 is 5.97 Å². The number of hydrogen-bond donors (Lipinski definition) is 0. The van der Waals surface area contributed by atoms with Gasteiger partial charge in [-0.3, -0.25) is 4.79 Å². The third kappa shape index (κ3) is 4.65. The maximum Gasteiger partial charge on any atom is 0.336 e. The number of methoxy groups -OCH3 is 2. The van der Waals surface area contributed by atoms with Crippen molar-refractivity contribution in [3.63, 3.8) is 0 Å². The van der Waals surface area contributed by atoms with Crippen LogP contribution in [0.15, 0.2) is 82.0 Å². The first-order valence-electron chi connectivity index (χ1n) is 10.2. The standard InChI is InChI=1S/C27H22O6/c1-17-26(19-10-13-22(30-2)24(15-19)31-3)27(29)21-12-11-20(16-23(21)32-17)33-25(28)14-9-18-7-5-4-6-8-18/h4-16H,1-3H3. The molecular formula is C27H22O6. The summed E-state index contributed by atoms with van der Waals surface area (Å²) in [6.07, 6.45) is 3.02. The van der Waals surface area contributed by atoms with E-state index in [9.17, 15) is 9.59 Å². The van der Waals surface area contributed by atoms with Gasteiger partial charge in [0, 0.05) is 12.1 Å². The van der Waals surface area contributed by atoms with Gasteiger partial charge in [-0.1, -0.05) is 36.4 Å². The van der Waals surface area contributed by atoms with Gasteiger partial charge in [-0.15, -0.1) is 0 Å². The molecule has 33 heavy (non-hydrogen) atoms. The van der Waals surface area contributed by atoms with Gasteiger partial charge in [-0.25, -0.2) is 4.79 Å². The third-order valence-corrected chi connectivity index (χ3v) is 5.14. The number of ether oxygens (including phenoxy) is 3. The maximum absolute atomic E-state index is 13.2. The van der Waals surface area contributed by atoms with Crippen molar-refractivity contribution in [3.05, 3.63) is 94.4 Å². The van der Waals surface area contributed by atoms with Crippen molar-refractivity contribution >= 4 is 23.0 Å². The topological polar surface area (TPSA) is 75.0 Å². The Morgan fingerprint density at radius 3 is 2.39 bits per heavy atom. The zero-order valence-electron chi connectivity index (χ0n) is 18.5. The van der Waals surface area contributed by atoms with Crippen molar-refractivity contribution in [2.75, 3.05) is 14.2 Å². The predicted octanol–water partition coefficient (Wildman–Crippen LogP) is 5.40. The molecule has 0 aliphatic rings. The SMILES string of the molecule is COc1ccc(-c2c(C)oc3cc(OC(=O)C=Cc4ccccc4)ccc3c2=O)cc1OC. The van der Waals surface area contributed by atoms with Crippen LogP contribution in [0.4, 0.5) is 0 Å². The highest BCUT2D eigenvalue weighted by molar-refractivity contribution is 5.90. The van der Waals surface area contributed by atoms with Crippen molar-refractivity contribution in [3.8, 4) is 28.4 Å². The van der Waals surface area contributed by atoms with E-state index in [1.807, 2.05) is 30.3 Å². The third-order valence-electron chi connectivity index (χ3n) is 5.14. The second kappa shape index (κ2) is 9.44. The first-order valence-corrected chi connectivity index (χ1v) is 10.2. The molecule has 0 radical (unpaired) electrons. The summed E-state index contributed by atoms with van der Waals surface area (Å²) in [5.41, 5.74) is 2.11. The molecule has 0 saturated heterocycles. The van der Waals surface area contributed by atoms with Gasteiger partial charge < -0.3 is 18.6 Å². The molecule has 0 N–H and O–H groups in total. The second-order valence-corrected chi connectivity index (χ2v) is 7.26. The van der Waals surface area contributed by atoms with Gasteiger partial charge in [-0.05, 0) is 48.4 Å². The number of esters is 1. The molecule has 0 aliphatic heterocycles. The van der Waals surface area contributed by atoms with Crippen LogP contribution in [0.1, 0.15) is 11.3 Å². The van der Waals surface area contributed by atoms with E-state index >= 15 is 0 Å². The van der Waals surface area contributed by atoms with Crippen molar-refractivity contribution in [1.82, 2.24) is 0 Å². The Morgan fingerprint density at radius 2 is 1.67 bits per heavy atom. The fraction of sp³-hybridized carbons (Fsp3) is 0.111. The van der Waals surface area contributed by atoms with Crippen molar-refractivity contribution in [1.29, 1.82) is 0 Å². The van der Waals surface area contributed by atoms with E-state index in [0.717, 1.165) is 5.56 Å². The molecule has 0 saturated carbocycles. The fourth-order valence-electron chi connectivity index (χ4n) is 3.55. The molecule has 6 nitrogen and oxygen atoms in total. The van der Waals surface area contributed by atoms with Crippen LogP contribution in [0.2, 0.25) is 0 Å². The van der Waals surface area contributed by atoms with Crippen LogP contribution in [0, 0.1) is 6.92 Å². The Bertz CT molecular complexity index is 1400. The lowest BCUT2D eigenvalue weighted by Gasteiger charge is -2.11. The fourth-order valence-corrected chi connectivity index (χ4v) is 3.55. The van der Waals surface area contributed by atoms with E-state index in [1.54, 1.807) is 50.4 Å². The van der Waals surface area contributed by atoms with Crippen LogP contribution in [0.5, 0.6) is 17.2 Å². The highest BCUT2D eigenvalue weighted by Gasteiger charge is 2.16. The normalized spacial score (nSPS) is 11.0. The molecule has 0 fully saturated rings. The molecule has 1 heterocycles. The van der Waals surface area contributed by atoms with Crippen LogP contribution in [-0.4, -0.2) is 20.2 Å². The van der Waals surface area contributed by atoms with Crippen LogP contribution in [0.3, 0.4) is 0 Å². The number of carbonyl (C=O) groups is 1. The zero-order valence-corrected chi connectivity index (χ0v) is 18.5. The van der Waals surface area contributed by atoms with E-state index in [2.05, 4.69) is 0 Å². The first kappa shape index (κ1) is 21.9. The molecule has 0 atom stereocenters. The van der Waals surface area contributed by atoms with E-state index < -0.39 is 5.97 Å². The first-order chi connectivity index (χ1) is 16.0. The number of benzene rings is 3. The molecule has 6 heteroatoms. The summed E-state index contributed by atoms with van der Waals surface area (Å²) in [7, 11) is 3.09. The van der Waals surface area contributed by atoms with Crippen LogP contribution >= 0.6 is 0 Å². The molecule has 0 aliphatic carbocycles. The highest BCUT2D eigenvalue weighted by atomic mass is 16.5. The van der Waals surface area contributed by atoms with E-state index in [0.29, 0.717) is 39.4 Å². The number of rotatable bonds is 6. The Balaban J connectivity index is 1.64. The van der Waals surface area contributed by atoms with Crippen molar-refractivity contribution in [2.45, 2.75) is 6.92 Å². The van der Waals surface area contributed by atoms with E-state index in [1.165, 1.54) is 19.3 Å². The van der Waals surface area contributed by atoms with Gasteiger partial charge in [0.15, 0.2) is 11.5 Å². The molecule has 0 amide bonds.